The molecule has 3 heteroatoms. The quantitative estimate of drug-likeness (QED) is 0.815. The SMILES string of the molecule is CC(C)NC1(CO)CCOc2ccccc21. The van der Waals surface area contributed by atoms with Gasteiger partial charge in [0, 0.05) is 18.0 Å². The molecule has 0 spiro atoms. The number of fused-ring (bicyclic) bond motifs is 1. The summed E-state index contributed by atoms with van der Waals surface area (Å²) >= 11 is 0. The molecule has 1 atom stereocenters. The summed E-state index contributed by atoms with van der Waals surface area (Å²) in [7, 11) is 0. The van der Waals surface area contributed by atoms with Crippen LogP contribution in [0.5, 0.6) is 5.75 Å². The van der Waals surface area contributed by atoms with Crippen molar-refractivity contribution in [2.45, 2.75) is 31.8 Å². The molecule has 0 aromatic heterocycles. The van der Waals surface area contributed by atoms with Gasteiger partial charge in [0.15, 0.2) is 0 Å². The summed E-state index contributed by atoms with van der Waals surface area (Å²) < 4.78 is 5.61. The molecule has 0 saturated heterocycles. The van der Waals surface area contributed by atoms with Gasteiger partial charge in [-0.15, -0.1) is 0 Å². The fourth-order valence-corrected chi connectivity index (χ4v) is 2.37. The molecule has 16 heavy (non-hydrogen) atoms. The molecule has 0 radical (unpaired) electrons. The van der Waals surface area contributed by atoms with E-state index < -0.39 is 0 Å². The number of para-hydroxylation sites is 1. The maximum atomic E-state index is 9.72. The Morgan fingerprint density at radius 1 is 1.44 bits per heavy atom. The average Bonchev–Trinajstić information content (AvgIpc) is 2.29. The monoisotopic (exact) mass is 221 g/mol. The summed E-state index contributed by atoms with van der Waals surface area (Å²) in [6, 6.07) is 8.26. The van der Waals surface area contributed by atoms with Gasteiger partial charge in [0.05, 0.1) is 18.8 Å². The maximum absolute atomic E-state index is 9.72. The smallest absolute Gasteiger partial charge is 0.124 e. The normalized spacial score (nSPS) is 24.0. The minimum atomic E-state index is -0.344. The third kappa shape index (κ3) is 1.93. The zero-order valence-corrected chi connectivity index (χ0v) is 9.86. The van der Waals surface area contributed by atoms with Crippen molar-refractivity contribution in [3.63, 3.8) is 0 Å². The van der Waals surface area contributed by atoms with Gasteiger partial charge in [-0.25, -0.2) is 0 Å². The topological polar surface area (TPSA) is 41.5 Å². The largest absolute Gasteiger partial charge is 0.493 e. The summed E-state index contributed by atoms with van der Waals surface area (Å²) in [5.41, 5.74) is 0.723. The Bertz CT molecular complexity index is 365. The summed E-state index contributed by atoms with van der Waals surface area (Å²) in [5.74, 6) is 0.885. The Kier molecular flexibility index (Phi) is 3.17. The van der Waals surface area contributed by atoms with Gasteiger partial charge >= 0.3 is 0 Å². The Balaban J connectivity index is 2.40. The van der Waals surface area contributed by atoms with Crippen LogP contribution in [-0.4, -0.2) is 24.4 Å². The van der Waals surface area contributed by atoms with Gasteiger partial charge in [-0.3, -0.25) is 0 Å². The molecule has 0 aliphatic carbocycles. The standard InChI is InChI=1S/C13H19NO2/c1-10(2)14-13(9-15)7-8-16-12-6-4-3-5-11(12)13/h3-6,10,14-15H,7-9H2,1-2H3. The van der Waals surface area contributed by atoms with Crippen molar-refractivity contribution in [3.05, 3.63) is 29.8 Å². The number of benzene rings is 1. The highest BCUT2D eigenvalue weighted by Gasteiger charge is 2.37. The molecule has 2 rings (SSSR count). The third-order valence-corrected chi connectivity index (χ3v) is 3.02. The lowest BCUT2D eigenvalue weighted by Crippen LogP contribution is -2.51. The van der Waals surface area contributed by atoms with E-state index in [1.165, 1.54) is 0 Å². The molecule has 2 N–H and O–H groups in total. The van der Waals surface area contributed by atoms with Gasteiger partial charge in [0.1, 0.15) is 5.75 Å². The van der Waals surface area contributed by atoms with Crippen molar-refractivity contribution in [2.24, 2.45) is 0 Å². The Morgan fingerprint density at radius 2 is 2.19 bits per heavy atom. The second-order valence-corrected chi connectivity index (χ2v) is 4.63. The molecule has 0 fully saturated rings. The Morgan fingerprint density at radius 3 is 2.88 bits per heavy atom. The van der Waals surface area contributed by atoms with Crippen molar-refractivity contribution >= 4 is 0 Å². The molecule has 0 bridgehead atoms. The summed E-state index contributed by atoms with van der Waals surface area (Å²) in [6.07, 6.45) is 0.804. The van der Waals surface area contributed by atoms with E-state index in [0.717, 1.165) is 17.7 Å². The van der Waals surface area contributed by atoms with E-state index in [1.54, 1.807) is 0 Å². The van der Waals surface area contributed by atoms with E-state index >= 15 is 0 Å². The molecule has 3 nitrogen and oxygen atoms in total. The first-order valence-corrected chi connectivity index (χ1v) is 5.79. The van der Waals surface area contributed by atoms with Crippen LogP contribution >= 0.6 is 0 Å². The second-order valence-electron chi connectivity index (χ2n) is 4.63. The number of nitrogens with one attached hydrogen (secondary N) is 1. The van der Waals surface area contributed by atoms with Gasteiger partial charge in [-0.2, -0.15) is 0 Å². The Hall–Kier alpha value is -1.06. The third-order valence-electron chi connectivity index (χ3n) is 3.02. The highest BCUT2D eigenvalue weighted by molar-refractivity contribution is 5.41. The fourth-order valence-electron chi connectivity index (χ4n) is 2.37. The van der Waals surface area contributed by atoms with Gasteiger partial charge in [0.2, 0.25) is 0 Å². The first-order chi connectivity index (χ1) is 7.68. The van der Waals surface area contributed by atoms with Crippen LogP contribution in [0.3, 0.4) is 0 Å². The molecule has 0 saturated carbocycles. The average molecular weight is 221 g/mol. The molecule has 1 aromatic carbocycles. The molecule has 88 valence electrons. The van der Waals surface area contributed by atoms with Crippen molar-refractivity contribution in [2.75, 3.05) is 13.2 Å². The number of aliphatic hydroxyl groups is 1. The zero-order valence-electron chi connectivity index (χ0n) is 9.86. The lowest BCUT2D eigenvalue weighted by molar-refractivity contribution is 0.100. The molecule has 1 unspecified atom stereocenters. The first-order valence-electron chi connectivity index (χ1n) is 5.79. The molecular formula is C13H19NO2. The number of rotatable bonds is 3. The van der Waals surface area contributed by atoms with E-state index in [1.807, 2.05) is 24.3 Å². The van der Waals surface area contributed by atoms with Gasteiger partial charge in [-0.05, 0) is 19.9 Å². The fraction of sp³-hybridized carbons (Fsp3) is 0.538. The van der Waals surface area contributed by atoms with E-state index in [4.69, 9.17) is 4.74 Å². The van der Waals surface area contributed by atoms with Crippen molar-refractivity contribution in [1.82, 2.24) is 5.32 Å². The van der Waals surface area contributed by atoms with E-state index in [9.17, 15) is 5.11 Å². The second kappa shape index (κ2) is 4.44. The Labute approximate surface area is 96.4 Å². The van der Waals surface area contributed by atoms with Gasteiger partial charge < -0.3 is 15.2 Å². The van der Waals surface area contributed by atoms with Crippen molar-refractivity contribution < 1.29 is 9.84 Å². The van der Waals surface area contributed by atoms with Crippen LogP contribution in [0, 0.1) is 0 Å². The summed E-state index contributed by atoms with van der Waals surface area (Å²) in [5, 5.41) is 13.2. The minimum absolute atomic E-state index is 0.103. The van der Waals surface area contributed by atoms with Crippen LogP contribution in [0.25, 0.3) is 0 Å². The predicted molar refractivity (Wildman–Crippen MR) is 63.6 cm³/mol. The van der Waals surface area contributed by atoms with E-state index in [-0.39, 0.29) is 12.1 Å². The number of hydrogen-bond donors (Lipinski definition) is 2. The van der Waals surface area contributed by atoms with Crippen LogP contribution < -0.4 is 10.1 Å². The van der Waals surface area contributed by atoms with Crippen LogP contribution in [0.2, 0.25) is 0 Å². The predicted octanol–water partition coefficient (Wildman–Crippen LogP) is 1.65. The van der Waals surface area contributed by atoms with Crippen molar-refractivity contribution in [1.29, 1.82) is 0 Å². The summed E-state index contributed by atoms with van der Waals surface area (Å²) in [4.78, 5) is 0. The molecule has 1 heterocycles. The van der Waals surface area contributed by atoms with Crippen LogP contribution in [0.4, 0.5) is 0 Å². The first kappa shape index (κ1) is 11.4. The number of hydrogen-bond acceptors (Lipinski definition) is 3. The lowest BCUT2D eigenvalue weighted by Gasteiger charge is -2.39. The molecular weight excluding hydrogens is 202 g/mol. The van der Waals surface area contributed by atoms with Crippen molar-refractivity contribution in [3.8, 4) is 5.75 Å². The molecule has 1 aliphatic heterocycles. The highest BCUT2D eigenvalue weighted by atomic mass is 16.5. The maximum Gasteiger partial charge on any atom is 0.124 e. The van der Waals surface area contributed by atoms with Crippen LogP contribution in [0.15, 0.2) is 24.3 Å². The van der Waals surface area contributed by atoms with Gasteiger partial charge in [-0.1, -0.05) is 18.2 Å². The molecule has 0 amide bonds. The molecule has 1 aliphatic rings. The molecule has 1 aromatic rings. The summed E-state index contributed by atoms with van der Waals surface area (Å²) in [6.45, 7) is 4.94. The number of aliphatic hydroxyl groups excluding tert-OH is 1. The van der Waals surface area contributed by atoms with Crippen LogP contribution in [-0.2, 0) is 5.54 Å². The lowest BCUT2D eigenvalue weighted by atomic mass is 9.84. The van der Waals surface area contributed by atoms with Gasteiger partial charge in [0.25, 0.3) is 0 Å². The zero-order chi connectivity index (χ0) is 11.6. The van der Waals surface area contributed by atoms with E-state index in [0.29, 0.717) is 12.6 Å². The highest BCUT2D eigenvalue weighted by Crippen LogP contribution is 2.36. The van der Waals surface area contributed by atoms with Crippen LogP contribution in [0.1, 0.15) is 25.8 Å². The van der Waals surface area contributed by atoms with E-state index in [2.05, 4.69) is 19.2 Å². The minimum Gasteiger partial charge on any atom is -0.493 e. The number of ether oxygens (including phenoxy) is 1.